The van der Waals surface area contributed by atoms with E-state index in [0.29, 0.717) is 19.5 Å². The molecule has 7 nitrogen and oxygen atoms in total. The maximum atomic E-state index is 12.9. The lowest BCUT2D eigenvalue weighted by Crippen LogP contribution is -2.54. The van der Waals surface area contributed by atoms with Gasteiger partial charge in [-0.1, -0.05) is 12.5 Å². The normalized spacial score (nSPS) is 23.4. The Hall–Kier alpha value is -2.28. The van der Waals surface area contributed by atoms with Crippen LogP contribution in [-0.4, -0.2) is 72.6 Å². The molecule has 0 spiro atoms. The summed E-state index contributed by atoms with van der Waals surface area (Å²) in [6.45, 7) is 4.22. The molecular weight excluding hydrogens is 346 g/mol. The number of piperazine rings is 1. The second-order valence-electron chi connectivity index (χ2n) is 7.56. The number of benzene rings is 1. The molecule has 7 heteroatoms. The third-order valence-electron chi connectivity index (χ3n) is 5.79. The number of ether oxygens (including phenoxy) is 2. The number of hydrogen-bond donors (Lipinski definition) is 0. The zero-order valence-electron chi connectivity index (χ0n) is 15.9. The summed E-state index contributed by atoms with van der Waals surface area (Å²) in [5.41, 5.74) is 1.19. The first-order valence-corrected chi connectivity index (χ1v) is 9.77. The van der Waals surface area contributed by atoms with Crippen molar-refractivity contribution < 1.29 is 19.1 Å². The standard InChI is InChI=1S/C20H27N3O4/c1-21-16(4-2-3-5-19(21)24)20(25)23-10-8-22(9-11-23)13-15-6-7-17-18(12-15)27-14-26-17/h6-7,12,16H,2-5,8-11,13-14H2,1H3/t16-/m0/s1. The van der Waals surface area contributed by atoms with Crippen molar-refractivity contribution >= 4 is 11.8 Å². The van der Waals surface area contributed by atoms with Crippen LogP contribution in [0.3, 0.4) is 0 Å². The van der Waals surface area contributed by atoms with Gasteiger partial charge in [0.25, 0.3) is 0 Å². The molecule has 1 aromatic carbocycles. The van der Waals surface area contributed by atoms with E-state index in [9.17, 15) is 9.59 Å². The van der Waals surface area contributed by atoms with Gasteiger partial charge in [0.05, 0.1) is 0 Å². The van der Waals surface area contributed by atoms with Gasteiger partial charge >= 0.3 is 0 Å². The number of rotatable bonds is 3. The fourth-order valence-corrected chi connectivity index (χ4v) is 4.08. The van der Waals surface area contributed by atoms with Gasteiger partial charge in [-0.2, -0.15) is 0 Å². The summed E-state index contributed by atoms with van der Waals surface area (Å²) >= 11 is 0. The van der Waals surface area contributed by atoms with Crippen LogP contribution in [-0.2, 0) is 16.1 Å². The van der Waals surface area contributed by atoms with E-state index in [1.54, 1.807) is 11.9 Å². The van der Waals surface area contributed by atoms with Crippen LogP contribution >= 0.6 is 0 Å². The summed E-state index contributed by atoms with van der Waals surface area (Å²) in [6, 6.07) is 5.76. The highest BCUT2D eigenvalue weighted by Gasteiger charge is 2.33. The second-order valence-corrected chi connectivity index (χ2v) is 7.56. The first-order valence-electron chi connectivity index (χ1n) is 9.77. The van der Waals surface area contributed by atoms with Crippen molar-refractivity contribution in [1.82, 2.24) is 14.7 Å². The Labute approximate surface area is 159 Å². The molecule has 27 heavy (non-hydrogen) atoms. The van der Waals surface area contributed by atoms with E-state index in [-0.39, 0.29) is 24.6 Å². The van der Waals surface area contributed by atoms with Crippen molar-refractivity contribution in [3.63, 3.8) is 0 Å². The van der Waals surface area contributed by atoms with Gasteiger partial charge in [-0.25, -0.2) is 0 Å². The summed E-state index contributed by atoms with van der Waals surface area (Å²) in [4.78, 5) is 31.0. The second kappa shape index (κ2) is 7.76. The quantitative estimate of drug-likeness (QED) is 0.803. The van der Waals surface area contributed by atoms with E-state index in [2.05, 4.69) is 11.0 Å². The number of carbonyl (C=O) groups is 2. The minimum atomic E-state index is -0.291. The molecule has 3 heterocycles. The highest BCUT2D eigenvalue weighted by atomic mass is 16.7. The molecule has 0 aliphatic carbocycles. The van der Waals surface area contributed by atoms with Gasteiger partial charge in [-0.15, -0.1) is 0 Å². The molecule has 0 radical (unpaired) electrons. The summed E-state index contributed by atoms with van der Waals surface area (Å²) in [5, 5.41) is 0. The Balaban J connectivity index is 1.32. The fourth-order valence-electron chi connectivity index (χ4n) is 4.08. The molecule has 0 saturated carbocycles. The average molecular weight is 373 g/mol. The number of fused-ring (bicyclic) bond motifs is 1. The number of nitrogens with zero attached hydrogens (tertiary/aromatic N) is 3. The average Bonchev–Trinajstić information content (AvgIpc) is 3.08. The molecule has 0 N–H and O–H groups in total. The molecule has 0 unspecified atom stereocenters. The summed E-state index contributed by atoms with van der Waals surface area (Å²) in [7, 11) is 1.77. The summed E-state index contributed by atoms with van der Waals surface area (Å²) in [6.07, 6.45) is 3.16. The first-order chi connectivity index (χ1) is 13.1. The number of likely N-dealkylation sites (N-methyl/N-ethyl adjacent to an activating group) is 1. The van der Waals surface area contributed by atoms with Crippen LogP contribution in [0.4, 0.5) is 0 Å². The van der Waals surface area contributed by atoms with Crippen molar-refractivity contribution in [3.05, 3.63) is 23.8 Å². The van der Waals surface area contributed by atoms with Crippen LogP contribution in [0.5, 0.6) is 11.5 Å². The lowest BCUT2D eigenvalue weighted by molar-refractivity contribution is -0.145. The van der Waals surface area contributed by atoms with Crippen LogP contribution in [0.1, 0.15) is 31.2 Å². The van der Waals surface area contributed by atoms with E-state index in [1.165, 1.54) is 5.56 Å². The number of likely N-dealkylation sites (tertiary alicyclic amines) is 1. The SMILES string of the molecule is CN1C(=O)CCCC[C@H]1C(=O)N1CCN(Cc2ccc3c(c2)OCO3)CC1. The van der Waals surface area contributed by atoms with Crippen LogP contribution in [0.15, 0.2) is 18.2 Å². The van der Waals surface area contributed by atoms with E-state index < -0.39 is 0 Å². The lowest BCUT2D eigenvalue weighted by Gasteiger charge is -2.38. The van der Waals surface area contributed by atoms with E-state index >= 15 is 0 Å². The Kier molecular flexibility index (Phi) is 5.20. The van der Waals surface area contributed by atoms with Crippen LogP contribution in [0.2, 0.25) is 0 Å². The Morgan fingerprint density at radius 2 is 1.89 bits per heavy atom. The van der Waals surface area contributed by atoms with Crippen molar-refractivity contribution in [1.29, 1.82) is 0 Å². The molecule has 0 aromatic heterocycles. The van der Waals surface area contributed by atoms with Crippen LogP contribution < -0.4 is 9.47 Å². The van der Waals surface area contributed by atoms with Crippen molar-refractivity contribution in [2.45, 2.75) is 38.3 Å². The van der Waals surface area contributed by atoms with E-state index in [4.69, 9.17) is 9.47 Å². The molecule has 146 valence electrons. The smallest absolute Gasteiger partial charge is 0.245 e. The number of hydrogen-bond acceptors (Lipinski definition) is 5. The Morgan fingerprint density at radius 3 is 2.70 bits per heavy atom. The minimum Gasteiger partial charge on any atom is -0.454 e. The van der Waals surface area contributed by atoms with E-state index in [0.717, 1.165) is 50.4 Å². The molecule has 2 fully saturated rings. The third kappa shape index (κ3) is 3.88. The lowest BCUT2D eigenvalue weighted by atomic mass is 10.1. The molecule has 2 amide bonds. The third-order valence-corrected chi connectivity index (χ3v) is 5.79. The summed E-state index contributed by atoms with van der Waals surface area (Å²) in [5.74, 6) is 1.81. The Bertz CT molecular complexity index is 715. The van der Waals surface area contributed by atoms with Gasteiger partial charge in [-0.3, -0.25) is 14.5 Å². The molecule has 4 rings (SSSR count). The molecule has 3 aliphatic rings. The monoisotopic (exact) mass is 373 g/mol. The fraction of sp³-hybridized carbons (Fsp3) is 0.600. The van der Waals surface area contributed by atoms with E-state index in [1.807, 2.05) is 17.0 Å². The molecule has 1 aromatic rings. The topological polar surface area (TPSA) is 62.3 Å². The zero-order valence-corrected chi connectivity index (χ0v) is 15.9. The minimum absolute atomic E-state index is 0.0901. The molecule has 0 bridgehead atoms. The van der Waals surface area contributed by atoms with Gasteiger partial charge in [0.15, 0.2) is 11.5 Å². The maximum absolute atomic E-state index is 12.9. The first kappa shape index (κ1) is 18.1. The predicted octanol–water partition coefficient (Wildman–Crippen LogP) is 1.46. The van der Waals surface area contributed by atoms with Crippen molar-refractivity contribution in [2.75, 3.05) is 40.0 Å². The van der Waals surface area contributed by atoms with Gasteiger partial charge in [-0.05, 0) is 30.5 Å². The molecule has 3 aliphatic heterocycles. The number of amides is 2. The molecular formula is C20H27N3O4. The van der Waals surface area contributed by atoms with Gasteiger partial charge in [0, 0.05) is 46.2 Å². The summed E-state index contributed by atoms with van der Waals surface area (Å²) < 4.78 is 10.8. The maximum Gasteiger partial charge on any atom is 0.245 e. The highest BCUT2D eigenvalue weighted by Crippen LogP contribution is 2.32. The van der Waals surface area contributed by atoms with Crippen LogP contribution in [0.25, 0.3) is 0 Å². The Morgan fingerprint density at radius 1 is 1.11 bits per heavy atom. The van der Waals surface area contributed by atoms with Crippen molar-refractivity contribution in [3.8, 4) is 11.5 Å². The largest absolute Gasteiger partial charge is 0.454 e. The van der Waals surface area contributed by atoms with Gasteiger partial charge in [0.2, 0.25) is 18.6 Å². The van der Waals surface area contributed by atoms with Gasteiger partial charge in [0.1, 0.15) is 6.04 Å². The molecule has 2 saturated heterocycles. The zero-order chi connectivity index (χ0) is 18.8. The molecule has 1 atom stereocenters. The highest BCUT2D eigenvalue weighted by molar-refractivity contribution is 5.88. The predicted molar refractivity (Wildman–Crippen MR) is 99.4 cm³/mol. The van der Waals surface area contributed by atoms with Crippen LogP contribution in [0, 0.1) is 0 Å². The number of carbonyl (C=O) groups excluding carboxylic acids is 2. The van der Waals surface area contributed by atoms with Crippen molar-refractivity contribution in [2.24, 2.45) is 0 Å². The van der Waals surface area contributed by atoms with Gasteiger partial charge < -0.3 is 19.3 Å².